The van der Waals surface area contributed by atoms with Crippen LogP contribution >= 0.6 is 0 Å². The molecule has 0 spiro atoms. The largest absolute Gasteiger partial charge is 0.368 e. The third-order valence-electron chi connectivity index (χ3n) is 2.75. The third kappa shape index (κ3) is 1.09. The number of hydrogen-bond acceptors (Lipinski definition) is 1. The Morgan fingerprint density at radius 3 is 3.08 bits per heavy atom. The van der Waals surface area contributed by atoms with E-state index in [0.29, 0.717) is 6.04 Å². The van der Waals surface area contributed by atoms with E-state index < -0.39 is 0 Å². The molecular weight excluding hydrogens is 146 g/mol. The van der Waals surface area contributed by atoms with Gasteiger partial charge in [-0.15, -0.1) is 0 Å². The van der Waals surface area contributed by atoms with Crippen LogP contribution in [0.2, 0.25) is 0 Å². The smallest absolute Gasteiger partial charge is 0.0444 e. The lowest BCUT2D eigenvalue weighted by molar-refractivity contribution is 0.372. The van der Waals surface area contributed by atoms with Crippen molar-refractivity contribution >= 4 is 0 Å². The summed E-state index contributed by atoms with van der Waals surface area (Å²) in [5.74, 6) is 0. The van der Waals surface area contributed by atoms with Gasteiger partial charge in [0.2, 0.25) is 0 Å². The summed E-state index contributed by atoms with van der Waals surface area (Å²) >= 11 is 0. The lowest BCUT2D eigenvalue weighted by Gasteiger charge is -2.32. The molecule has 12 heavy (non-hydrogen) atoms. The predicted octanol–water partition coefficient (Wildman–Crippen LogP) is 2.48. The molecule has 0 aromatic rings. The average molecular weight is 161 g/mol. The van der Waals surface area contributed by atoms with Crippen LogP contribution < -0.4 is 0 Å². The van der Waals surface area contributed by atoms with Gasteiger partial charge in [0.1, 0.15) is 0 Å². The lowest BCUT2D eigenvalue weighted by Crippen LogP contribution is -2.29. The molecule has 2 rings (SSSR count). The molecule has 1 heteroatoms. The van der Waals surface area contributed by atoms with Gasteiger partial charge < -0.3 is 4.90 Å². The Balaban J connectivity index is 2.35. The summed E-state index contributed by atoms with van der Waals surface area (Å²) in [6.45, 7) is 2.22. The molecule has 0 saturated carbocycles. The zero-order valence-corrected chi connectivity index (χ0v) is 7.75. The number of likely N-dealkylation sites (N-methyl/N-ethyl adjacent to an activating group) is 1. The molecule has 0 aromatic heterocycles. The maximum absolute atomic E-state index is 2.34. The highest BCUT2D eigenvalue weighted by Gasteiger charge is 2.17. The second kappa shape index (κ2) is 2.81. The molecule has 0 radical (unpaired) electrons. The Kier molecular flexibility index (Phi) is 1.80. The van der Waals surface area contributed by atoms with Crippen molar-refractivity contribution < 1.29 is 0 Å². The molecule has 2 aliphatic rings. The molecule has 0 bridgehead atoms. The molecule has 0 N–H and O–H groups in total. The predicted molar refractivity (Wildman–Crippen MR) is 51.8 cm³/mol. The Morgan fingerprint density at radius 2 is 2.25 bits per heavy atom. The van der Waals surface area contributed by atoms with Gasteiger partial charge in [-0.25, -0.2) is 0 Å². The van der Waals surface area contributed by atoms with Gasteiger partial charge in [-0.3, -0.25) is 0 Å². The standard InChI is InChI=1S/C11H15N/c1-9-7-8-10-5-3-4-6-11(10)12(9)2/h4,6-9H,3,5H2,1-2H3/t9-/m1/s1. The number of rotatable bonds is 0. The van der Waals surface area contributed by atoms with E-state index in [1.807, 2.05) is 0 Å². The van der Waals surface area contributed by atoms with Gasteiger partial charge in [0.15, 0.2) is 0 Å². The minimum Gasteiger partial charge on any atom is -0.368 e. The van der Waals surface area contributed by atoms with Crippen molar-refractivity contribution in [2.24, 2.45) is 0 Å². The zero-order valence-electron chi connectivity index (χ0n) is 7.75. The van der Waals surface area contributed by atoms with Crippen LogP contribution in [0.4, 0.5) is 0 Å². The van der Waals surface area contributed by atoms with E-state index in [9.17, 15) is 0 Å². The SMILES string of the molecule is C[C@@H]1C=CC2=C(C=CCC2)N1C. The van der Waals surface area contributed by atoms with Gasteiger partial charge in [-0.2, -0.15) is 0 Å². The Labute approximate surface area is 74.1 Å². The van der Waals surface area contributed by atoms with E-state index in [1.165, 1.54) is 24.1 Å². The lowest BCUT2D eigenvalue weighted by atomic mass is 9.96. The minimum absolute atomic E-state index is 0.548. The fourth-order valence-electron chi connectivity index (χ4n) is 1.79. The molecule has 0 aromatic carbocycles. The van der Waals surface area contributed by atoms with Crippen LogP contribution in [0, 0.1) is 0 Å². The van der Waals surface area contributed by atoms with Crippen LogP contribution in [0.15, 0.2) is 35.6 Å². The normalized spacial score (nSPS) is 27.8. The van der Waals surface area contributed by atoms with E-state index in [1.54, 1.807) is 0 Å². The van der Waals surface area contributed by atoms with Crippen molar-refractivity contribution in [3.63, 3.8) is 0 Å². The Bertz CT molecular complexity index is 271. The molecule has 1 aliphatic carbocycles. The highest BCUT2D eigenvalue weighted by Crippen LogP contribution is 2.27. The van der Waals surface area contributed by atoms with Crippen LogP contribution in [0.3, 0.4) is 0 Å². The van der Waals surface area contributed by atoms with Gasteiger partial charge in [0.25, 0.3) is 0 Å². The fraction of sp³-hybridized carbons (Fsp3) is 0.455. The van der Waals surface area contributed by atoms with E-state index >= 15 is 0 Å². The Morgan fingerprint density at radius 1 is 1.42 bits per heavy atom. The molecular formula is C11H15N. The average Bonchev–Trinajstić information content (AvgIpc) is 2.12. The monoisotopic (exact) mass is 161 g/mol. The third-order valence-corrected chi connectivity index (χ3v) is 2.75. The number of allylic oxidation sites excluding steroid dienone is 4. The van der Waals surface area contributed by atoms with Gasteiger partial charge in [0.05, 0.1) is 0 Å². The van der Waals surface area contributed by atoms with Crippen LogP contribution in [-0.4, -0.2) is 18.0 Å². The van der Waals surface area contributed by atoms with E-state index in [2.05, 4.69) is 43.2 Å². The summed E-state index contributed by atoms with van der Waals surface area (Å²) in [5.41, 5.74) is 2.91. The molecule has 64 valence electrons. The minimum atomic E-state index is 0.548. The molecule has 0 unspecified atom stereocenters. The maximum atomic E-state index is 2.34. The van der Waals surface area contributed by atoms with Crippen molar-refractivity contribution in [3.8, 4) is 0 Å². The first-order valence-corrected chi connectivity index (χ1v) is 4.60. The first kappa shape index (κ1) is 7.66. The summed E-state index contributed by atoms with van der Waals surface area (Å²) in [6.07, 6.45) is 11.5. The highest BCUT2D eigenvalue weighted by atomic mass is 15.1. The highest BCUT2D eigenvalue weighted by molar-refractivity contribution is 5.39. The van der Waals surface area contributed by atoms with Crippen LogP contribution in [0.5, 0.6) is 0 Å². The van der Waals surface area contributed by atoms with Crippen LogP contribution in [0.25, 0.3) is 0 Å². The molecule has 1 heterocycles. The molecule has 0 saturated heterocycles. The summed E-state index contributed by atoms with van der Waals surface area (Å²) in [4.78, 5) is 2.34. The quantitative estimate of drug-likeness (QED) is 0.527. The first-order valence-electron chi connectivity index (χ1n) is 4.60. The van der Waals surface area contributed by atoms with Crippen LogP contribution in [-0.2, 0) is 0 Å². The fourth-order valence-corrected chi connectivity index (χ4v) is 1.79. The second-order valence-electron chi connectivity index (χ2n) is 3.56. The van der Waals surface area contributed by atoms with E-state index in [0.717, 1.165) is 0 Å². The second-order valence-corrected chi connectivity index (χ2v) is 3.56. The van der Waals surface area contributed by atoms with Crippen molar-refractivity contribution in [3.05, 3.63) is 35.6 Å². The molecule has 1 nitrogen and oxygen atoms in total. The van der Waals surface area contributed by atoms with Gasteiger partial charge >= 0.3 is 0 Å². The number of hydrogen-bond donors (Lipinski definition) is 0. The van der Waals surface area contributed by atoms with E-state index in [-0.39, 0.29) is 0 Å². The topological polar surface area (TPSA) is 3.24 Å². The Hall–Kier alpha value is -0.980. The van der Waals surface area contributed by atoms with Crippen LogP contribution in [0.1, 0.15) is 19.8 Å². The van der Waals surface area contributed by atoms with E-state index in [4.69, 9.17) is 0 Å². The van der Waals surface area contributed by atoms with Crippen molar-refractivity contribution in [2.45, 2.75) is 25.8 Å². The number of nitrogens with zero attached hydrogens (tertiary/aromatic N) is 1. The summed E-state index contributed by atoms with van der Waals surface area (Å²) in [6, 6.07) is 0.548. The van der Waals surface area contributed by atoms with Crippen molar-refractivity contribution in [1.29, 1.82) is 0 Å². The molecule has 1 aliphatic heterocycles. The maximum Gasteiger partial charge on any atom is 0.0444 e. The molecule has 1 atom stereocenters. The summed E-state index contributed by atoms with van der Waals surface area (Å²) in [7, 11) is 2.17. The van der Waals surface area contributed by atoms with Crippen molar-refractivity contribution in [2.75, 3.05) is 7.05 Å². The zero-order chi connectivity index (χ0) is 8.55. The van der Waals surface area contributed by atoms with Crippen molar-refractivity contribution in [1.82, 2.24) is 4.90 Å². The van der Waals surface area contributed by atoms with Gasteiger partial charge in [-0.05, 0) is 31.4 Å². The first-order chi connectivity index (χ1) is 5.79. The summed E-state index contributed by atoms with van der Waals surface area (Å²) < 4.78 is 0. The van der Waals surface area contributed by atoms with Gasteiger partial charge in [-0.1, -0.05) is 18.2 Å². The molecule has 0 fully saturated rings. The summed E-state index contributed by atoms with van der Waals surface area (Å²) in [5, 5.41) is 0. The van der Waals surface area contributed by atoms with Gasteiger partial charge in [0, 0.05) is 18.8 Å². The molecule has 0 amide bonds.